The summed E-state index contributed by atoms with van der Waals surface area (Å²) in [5.41, 5.74) is 14.1. The lowest BCUT2D eigenvalue weighted by molar-refractivity contribution is 1.24. The van der Waals surface area contributed by atoms with Crippen molar-refractivity contribution in [3.05, 3.63) is 106 Å². The highest BCUT2D eigenvalue weighted by Crippen LogP contribution is 2.44. The summed E-state index contributed by atoms with van der Waals surface area (Å²) >= 11 is 0. The zero-order valence-electron chi connectivity index (χ0n) is 15.3. The Morgan fingerprint density at radius 3 is 2.42 bits per heavy atom. The van der Waals surface area contributed by atoms with E-state index < -0.39 is 0 Å². The van der Waals surface area contributed by atoms with Crippen molar-refractivity contribution in [2.24, 2.45) is 0 Å². The van der Waals surface area contributed by atoms with Gasteiger partial charge in [-0.2, -0.15) is 0 Å². The molecular weight excluding hydrogens is 312 g/mol. The van der Waals surface area contributed by atoms with Crippen LogP contribution in [0.1, 0.15) is 39.8 Å². The van der Waals surface area contributed by atoms with Gasteiger partial charge in [0.1, 0.15) is 0 Å². The highest BCUT2D eigenvalue weighted by molar-refractivity contribution is 6.01. The third kappa shape index (κ3) is 2.29. The molecule has 0 amide bonds. The largest absolute Gasteiger partial charge is 0.0795 e. The Kier molecular flexibility index (Phi) is 3.46. The monoisotopic (exact) mass is 334 g/mol. The summed E-state index contributed by atoms with van der Waals surface area (Å²) in [5.74, 6) is 0. The summed E-state index contributed by atoms with van der Waals surface area (Å²) in [6.07, 6.45) is 6.70. The fourth-order valence-electron chi connectivity index (χ4n) is 4.57. The minimum Gasteiger partial charge on any atom is -0.0795 e. The van der Waals surface area contributed by atoms with Crippen LogP contribution >= 0.6 is 0 Å². The van der Waals surface area contributed by atoms with Crippen LogP contribution in [0, 0.1) is 13.8 Å². The number of benzene rings is 3. The van der Waals surface area contributed by atoms with E-state index in [-0.39, 0.29) is 0 Å². The summed E-state index contributed by atoms with van der Waals surface area (Å²) in [6.45, 7) is 4.39. The second kappa shape index (κ2) is 5.85. The molecule has 0 aromatic heterocycles. The molecule has 0 unspecified atom stereocenters. The van der Waals surface area contributed by atoms with Gasteiger partial charge >= 0.3 is 0 Å². The lowest BCUT2D eigenvalue weighted by Crippen LogP contribution is -1.95. The van der Waals surface area contributed by atoms with Crippen molar-refractivity contribution in [1.29, 1.82) is 0 Å². The first kappa shape index (κ1) is 15.4. The van der Waals surface area contributed by atoms with Crippen LogP contribution in [0.25, 0.3) is 22.3 Å². The van der Waals surface area contributed by atoms with Gasteiger partial charge in [0.2, 0.25) is 0 Å². The maximum atomic E-state index is 2.32. The van der Waals surface area contributed by atoms with Gasteiger partial charge in [-0.25, -0.2) is 0 Å². The Morgan fingerprint density at radius 1 is 0.731 bits per heavy atom. The predicted octanol–water partition coefficient (Wildman–Crippen LogP) is 6.75. The standard InChI is InChI=1S/C26H22/c1-17-13-14-20(18(2)15-17)22-9-5-11-24(22)25-12-6-10-23-21-8-4-3-7-19(21)16-26(23)25/h3-10,12-15H,11,16H2,1-2H3. The second-order valence-electron chi connectivity index (χ2n) is 7.48. The minimum atomic E-state index is 1.02. The number of allylic oxidation sites excluding steroid dienone is 4. The fourth-order valence-corrected chi connectivity index (χ4v) is 4.57. The number of fused-ring (bicyclic) bond motifs is 3. The average Bonchev–Trinajstić information content (AvgIpc) is 3.26. The molecule has 2 aliphatic rings. The van der Waals surface area contributed by atoms with E-state index in [4.69, 9.17) is 0 Å². The Balaban J connectivity index is 1.69. The molecule has 0 bridgehead atoms. The van der Waals surface area contributed by atoms with E-state index in [1.807, 2.05) is 0 Å². The van der Waals surface area contributed by atoms with Gasteiger partial charge in [0, 0.05) is 0 Å². The fraction of sp³-hybridized carbons (Fsp3) is 0.154. The Labute approximate surface area is 155 Å². The van der Waals surface area contributed by atoms with Gasteiger partial charge in [0.05, 0.1) is 0 Å². The topological polar surface area (TPSA) is 0 Å². The van der Waals surface area contributed by atoms with Crippen molar-refractivity contribution in [3.8, 4) is 11.1 Å². The molecule has 0 aliphatic heterocycles. The molecule has 5 rings (SSSR count). The molecule has 3 aromatic carbocycles. The molecule has 0 saturated carbocycles. The van der Waals surface area contributed by atoms with Gasteiger partial charge < -0.3 is 0 Å². The molecule has 0 atom stereocenters. The number of hydrogen-bond donors (Lipinski definition) is 0. The summed E-state index contributed by atoms with van der Waals surface area (Å²) in [7, 11) is 0. The molecule has 0 spiro atoms. The van der Waals surface area contributed by atoms with Crippen LogP contribution in [0.3, 0.4) is 0 Å². The van der Waals surface area contributed by atoms with Gasteiger partial charge in [-0.05, 0) is 76.8 Å². The lowest BCUT2D eigenvalue weighted by Gasteiger charge is -2.15. The zero-order chi connectivity index (χ0) is 17.7. The summed E-state index contributed by atoms with van der Waals surface area (Å²) in [4.78, 5) is 0. The normalized spacial score (nSPS) is 14.7. The van der Waals surface area contributed by atoms with Crippen molar-refractivity contribution in [3.63, 3.8) is 0 Å². The van der Waals surface area contributed by atoms with Crippen LogP contribution in [0.4, 0.5) is 0 Å². The summed E-state index contributed by atoms with van der Waals surface area (Å²) < 4.78 is 0. The van der Waals surface area contributed by atoms with E-state index in [0.29, 0.717) is 0 Å². The van der Waals surface area contributed by atoms with Crippen LogP contribution in [0.15, 0.2) is 72.8 Å². The summed E-state index contributed by atoms with van der Waals surface area (Å²) in [6, 6.07) is 22.5. The molecule has 0 fully saturated rings. The molecule has 0 saturated heterocycles. The van der Waals surface area contributed by atoms with Gasteiger partial charge in [0.15, 0.2) is 0 Å². The van der Waals surface area contributed by atoms with Crippen LogP contribution in [-0.2, 0) is 6.42 Å². The molecule has 126 valence electrons. The molecule has 0 radical (unpaired) electrons. The van der Waals surface area contributed by atoms with Gasteiger partial charge in [-0.15, -0.1) is 0 Å². The van der Waals surface area contributed by atoms with Crippen molar-refractivity contribution in [1.82, 2.24) is 0 Å². The molecule has 2 aliphatic carbocycles. The number of rotatable bonds is 2. The molecule has 26 heavy (non-hydrogen) atoms. The van der Waals surface area contributed by atoms with E-state index in [1.54, 1.807) is 0 Å². The Hall–Kier alpha value is -2.86. The first-order valence-corrected chi connectivity index (χ1v) is 9.40. The molecule has 0 heteroatoms. The third-order valence-corrected chi connectivity index (χ3v) is 5.78. The van der Waals surface area contributed by atoms with E-state index >= 15 is 0 Å². The zero-order valence-corrected chi connectivity index (χ0v) is 15.3. The Bertz CT molecular complexity index is 1090. The highest BCUT2D eigenvalue weighted by Gasteiger charge is 2.24. The maximum Gasteiger partial charge on any atom is -0.000740 e. The lowest BCUT2D eigenvalue weighted by atomic mass is 9.89. The molecular formula is C26H22. The van der Waals surface area contributed by atoms with Crippen molar-refractivity contribution in [2.45, 2.75) is 26.7 Å². The SMILES string of the molecule is Cc1ccc(C2=C(c3cccc4c3Cc3ccccc3-4)CC=C2)c(C)c1. The third-order valence-electron chi connectivity index (χ3n) is 5.78. The quantitative estimate of drug-likeness (QED) is 0.380. The van der Waals surface area contributed by atoms with Gasteiger partial charge in [-0.1, -0.05) is 78.4 Å². The van der Waals surface area contributed by atoms with Crippen LogP contribution in [0.2, 0.25) is 0 Å². The van der Waals surface area contributed by atoms with Crippen molar-refractivity contribution < 1.29 is 0 Å². The molecule has 0 heterocycles. The summed E-state index contributed by atoms with van der Waals surface area (Å²) in [5, 5.41) is 0. The Morgan fingerprint density at radius 2 is 1.54 bits per heavy atom. The number of aryl methyl sites for hydroxylation is 2. The van der Waals surface area contributed by atoms with Crippen molar-refractivity contribution in [2.75, 3.05) is 0 Å². The first-order valence-electron chi connectivity index (χ1n) is 9.40. The van der Waals surface area contributed by atoms with Gasteiger partial charge in [0.25, 0.3) is 0 Å². The smallest absolute Gasteiger partial charge is 0.000740 e. The average molecular weight is 334 g/mol. The van der Waals surface area contributed by atoms with Crippen LogP contribution in [0.5, 0.6) is 0 Å². The first-order chi connectivity index (χ1) is 12.7. The molecule has 0 N–H and O–H groups in total. The van der Waals surface area contributed by atoms with E-state index in [0.717, 1.165) is 12.8 Å². The molecule has 0 nitrogen and oxygen atoms in total. The van der Waals surface area contributed by atoms with Gasteiger partial charge in [-0.3, -0.25) is 0 Å². The number of hydrogen-bond acceptors (Lipinski definition) is 0. The maximum absolute atomic E-state index is 2.32. The highest BCUT2D eigenvalue weighted by atomic mass is 14.3. The van der Waals surface area contributed by atoms with Crippen LogP contribution < -0.4 is 0 Å². The van der Waals surface area contributed by atoms with E-state index in [9.17, 15) is 0 Å². The van der Waals surface area contributed by atoms with Crippen LogP contribution in [-0.4, -0.2) is 0 Å². The molecule has 3 aromatic rings. The van der Waals surface area contributed by atoms with E-state index in [2.05, 4.69) is 86.7 Å². The predicted molar refractivity (Wildman–Crippen MR) is 111 cm³/mol. The van der Waals surface area contributed by atoms with Crippen molar-refractivity contribution >= 4 is 11.1 Å². The minimum absolute atomic E-state index is 1.02. The van der Waals surface area contributed by atoms with E-state index in [1.165, 1.54) is 55.7 Å². The second-order valence-corrected chi connectivity index (χ2v) is 7.48.